The van der Waals surface area contributed by atoms with Crippen LogP contribution in [0.1, 0.15) is 101 Å². The number of ether oxygens (including phenoxy) is 2. The minimum Gasteiger partial charge on any atom is -0.546 e. The Labute approximate surface area is 223 Å². The summed E-state index contributed by atoms with van der Waals surface area (Å²) >= 11 is 0. The van der Waals surface area contributed by atoms with Gasteiger partial charge in [0.15, 0.2) is 0 Å². The summed E-state index contributed by atoms with van der Waals surface area (Å²) in [5, 5.41) is 12.1. The molecule has 2 saturated carbocycles. The van der Waals surface area contributed by atoms with Gasteiger partial charge in [0.2, 0.25) is 0 Å². The van der Waals surface area contributed by atoms with E-state index in [1.54, 1.807) is 7.11 Å². The number of methoxy groups -OCH3 is 1. The van der Waals surface area contributed by atoms with Crippen molar-refractivity contribution < 1.29 is 19.0 Å². The Hall–Kier alpha value is -0.623. The van der Waals surface area contributed by atoms with Gasteiger partial charge in [-0.15, -0.1) is 6.58 Å². The third-order valence-electron chi connectivity index (χ3n) is 11.3. The van der Waals surface area contributed by atoms with Crippen LogP contribution < -0.4 is 0 Å². The van der Waals surface area contributed by atoms with Gasteiger partial charge >= 0.3 is 0 Å². The van der Waals surface area contributed by atoms with Gasteiger partial charge in [-0.2, -0.15) is 0 Å². The molecule has 0 saturated heterocycles. The fraction of sp³-hybridized carbons (Fsp3) is 0.871. The van der Waals surface area contributed by atoms with Gasteiger partial charge in [-0.1, -0.05) is 75.3 Å². The maximum Gasteiger partial charge on any atom is 0.258 e. The quantitative estimate of drug-likeness (QED) is 0.189. The molecule has 1 N–H and O–H groups in total. The first-order valence-electron chi connectivity index (χ1n) is 14.5. The topological polar surface area (TPSA) is 47.9 Å². The molecule has 0 heterocycles. The van der Waals surface area contributed by atoms with Crippen LogP contribution in [-0.2, 0) is 13.9 Å². The van der Waals surface area contributed by atoms with E-state index in [4.69, 9.17) is 13.9 Å². The summed E-state index contributed by atoms with van der Waals surface area (Å²) in [6.45, 7) is 28.0. The van der Waals surface area contributed by atoms with Gasteiger partial charge < -0.3 is 19.0 Å². The lowest BCUT2D eigenvalue weighted by atomic mass is 9.46. The van der Waals surface area contributed by atoms with Crippen LogP contribution in [0.4, 0.5) is 0 Å². The number of allylic oxidation sites excluding steroid dienone is 1. The van der Waals surface area contributed by atoms with Crippen molar-refractivity contribution in [3.8, 4) is 0 Å². The van der Waals surface area contributed by atoms with E-state index < -0.39 is 14.4 Å². The van der Waals surface area contributed by atoms with Crippen LogP contribution in [0.25, 0.3) is 0 Å². The van der Waals surface area contributed by atoms with E-state index in [1.165, 1.54) is 11.3 Å². The zero-order valence-corrected chi connectivity index (χ0v) is 26.2. The smallest absolute Gasteiger partial charge is 0.258 e. The highest BCUT2D eigenvalue weighted by atomic mass is 28.4. The molecule has 3 aliphatic rings. The SMILES string of the molecule is C=C[C@]1(C)C[C@@H](O)[C@@]2(C)C3=C(O[Si](C(C)C)(C(C)C)C(C)C)CC[C@@]3(CC[C@H]2C)[C@@H](C)[C@@H]1OCOC. The molecule has 36 heavy (non-hydrogen) atoms. The molecule has 7 atom stereocenters. The van der Waals surface area contributed by atoms with Crippen LogP contribution in [0.3, 0.4) is 0 Å². The third-order valence-corrected chi connectivity index (χ3v) is 17.3. The summed E-state index contributed by atoms with van der Waals surface area (Å²) in [4.78, 5) is 0. The molecule has 3 rings (SSSR count). The fourth-order valence-corrected chi connectivity index (χ4v) is 14.4. The second-order valence-electron chi connectivity index (χ2n) is 13.8. The van der Waals surface area contributed by atoms with Crippen LogP contribution in [-0.4, -0.2) is 39.5 Å². The van der Waals surface area contributed by atoms with Crippen molar-refractivity contribution in [3.05, 3.63) is 24.0 Å². The number of aliphatic hydroxyl groups is 1. The monoisotopic (exact) mass is 520 g/mol. The lowest BCUT2D eigenvalue weighted by Gasteiger charge is -2.60. The maximum absolute atomic E-state index is 12.1. The van der Waals surface area contributed by atoms with Gasteiger partial charge in [0, 0.05) is 29.8 Å². The number of aliphatic hydroxyl groups excluding tert-OH is 1. The summed E-state index contributed by atoms with van der Waals surface area (Å²) < 4.78 is 19.4. The summed E-state index contributed by atoms with van der Waals surface area (Å²) in [6, 6.07) is 0. The van der Waals surface area contributed by atoms with Crippen molar-refractivity contribution in [1.29, 1.82) is 0 Å². The third kappa shape index (κ3) is 4.28. The minimum atomic E-state index is -2.13. The largest absolute Gasteiger partial charge is 0.546 e. The van der Waals surface area contributed by atoms with Crippen molar-refractivity contribution in [2.75, 3.05) is 13.9 Å². The highest BCUT2D eigenvalue weighted by molar-refractivity contribution is 6.77. The van der Waals surface area contributed by atoms with Gasteiger partial charge in [-0.3, -0.25) is 0 Å². The van der Waals surface area contributed by atoms with Gasteiger partial charge in [0.05, 0.1) is 18.0 Å². The molecule has 0 aromatic rings. The molecular formula is C31H56O4Si. The zero-order chi connectivity index (χ0) is 27.3. The molecule has 2 fully saturated rings. The first-order valence-corrected chi connectivity index (χ1v) is 16.7. The van der Waals surface area contributed by atoms with Gasteiger partial charge in [0.25, 0.3) is 8.32 Å². The molecule has 0 radical (unpaired) electrons. The summed E-state index contributed by atoms with van der Waals surface area (Å²) in [5.74, 6) is 1.88. The van der Waals surface area contributed by atoms with Crippen LogP contribution in [0, 0.1) is 28.1 Å². The average Bonchev–Trinajstić information content (AvgIpc) is 3.18. The van der Waals surface area contributed by atoms with Gasteiger partial charge in [-0.05, 0) is 59.7 Å². The molecule has 0 aliphatic heterocycles. The highest BCUT2D eigenvalue weighted by Crippen LogP contribution is 2.69. The standard InChI is InChI=1S/C31H56O4Si/c1-13-29(10)18-26(32)30(11)23(8)14-16-31(24(9)28(29)34-19-33-12)17-15-25(27(30)31)35-36(20(2)3,21(4)5)22(6)7/h13,20-24,26,28,32H,1,14-19H2,2-12H3/t23-,24+,26-,28+,29-,30+,31+/m1/s1. The van der Waals surface area contributed by atoms with E-state index in [0.29, 0.717) is 29.0 Å². The molecule has 3 aliphatic carbocycles. The second-order valence-corrected chi connectivity index (χ2v) is 19.2. The molecule has 5 heteroatoms. The first kappa shape index (κ1) is 29.9. The van der Waals surface area contributed by atoms with Crippen molar-refractivity contribution in [2.45, 2.75) is 130 Å². The molecule has 0 aromatic carbocycles. The van der Waals surface area contributed by atoms with E-state index in [0.717, 1.165) is 25.7 Å². The van der Waals surface area contributed by atoms with Crippen molar-refractivity contribution in [1.82, 2.24) is 0 Å². The Kier molecular flexibility index (Phi) is 8.73. The van der Waals surface area contributed by atoms with E-state index in [-0.39, 0.29) is 35.1 Å². The minimum absolute atomic E-state index is 0.0360. The molecule has 2 bridgehead atoms. The molecular weight excluding hydrogens is 464 g/mol. The predicted octanol–water partition coefficient (Wildman–Crippen LogP) is 8.23. The molecule has 0 aromatic heterocycles. The van der Waals surface area contributed by atoms with Crippen molar-refractivity contribution in [3.63, 3.8) is 0 Å². The maximum atomic E-state index is 12.1. The Balaban J connectivity index is 2.29. The fourth-order valence-electron chi connectivity index (χ4n) is 9.10. The van der Waals surface area contributed by atoms with Gasteiger partial charge in [0.1, 0.15) is 6.79 Å². The number of hydrogen-bond acceptors (Lipinski definition) is 4. The Bertz CT molecular complexity index is 813. The molecule has 4 nitrogen and oxygen atoms in total. The van der Waals surface area contributed by atoms with Gasteiger partial charge in [-0.25, -0.2) is 0 Å². The second kappa shape index (κ2) is 10.5. The lowest BCUT2D eigenvalue weighted by Crippen LogP contribution is -2.59. The average molecular weight is 521 g/mol. The van der Waals surface area contributed by atoms with Crippen LogP contribution in [0.2, 0.25) is 16.6 Å². The number of rotatable bonds is 9. The molecule has 0 unspecified atom stereocenters. The Morgan fingerprint density at radius 1 is 1.06 bits per heavy atom. The van der Waals surface area contributed by atoms with Crippen molar-refractivity contribution in [2.24, 2.45) is 28.1 Å². The molecule has 0 spiro atoms. The highest BCUT2D eigenvalue weighted by Gasteiger charge is 2.64. The summed E-state index contributed by atoms with van der Waals surface area (Å²) in [6.07, 6.45) is 6.38. The molecule has 208 valence electrons. The van der Waals surface area contributed by atoms with Crippen molar-refractivity contribution >= 4 is 8.32 Å². The first-order chi connectivity index (χ1) is 16.7. The normalized spacial score (nSPS) is 39.4. The summed E-state index contributed by atoms with van der Waals surface area (Å²) in [7, 11) is -0.442. The zero-order valence-electron chi connectivity index (χ0n) is 25.2. The number of hydrogen-bond donors (Lipinski definition) is 1. The van der Waals surface area contributed by atoms with E-state index in [9.17, 15) is 5.11 Å². The van der Waals surface area contributed by atoms with Crippen LogP contribution >= 0.6 is 0 Å². The molecule has 0 amide bonds. The van der Waals surface area contributed by atoms with E-state index >= 15 is 0 Å². The van der Waals surface area contributed by atoms with Crippen LogP contribution in [0.5, 0.6) is 0 Å². The summed E-state index contributed by atoms with van der Waals surface area (Å²) in [5.41, 5.74) is 2.29. The van der Waals surface area contributed by atoms with E-state index in [1.807, 2.05) is 6.08 Å². The Morgan fingerprint density at radius 3 is 2.14 bits per heavy atom. The van der Waals surface area contributed by atoms with E-state index in [2.05, 4.69) is 75.8 Å². The Morgan fingerprint density at radius 2 is 1.64 bits per heavy atom. The lowest BCUT2D eigenvalue weighted by molar-refractivity contribution is -0.173. The predicted molar refractivity (Wildman–Crippen MR) is 152 cm³/mol. The van der Waals surface area contributed by atoms with Crippen LogP contribution in [0.15, 0.2) is 24.0 Å².